The van der Waals surface area contributed by atoms with Gasteiger partial charge in [-0.2, -0.15) is 0 Å². The van der Waals surface area contributed by atoms with Crippen molar-refractivity contribution in [1.29, 1.82) is 0 Å². The van der Waals surface area contributed by atoms with Crippen molar-refractivity contribution in [3.05, 3.63) is 46.7 Å². The van der Waals surface area contributed by atoms with Crippen molar-refractivity contribution < 1.29 is 0 Å². The van der Waals surface area contributed by atoms with Gasteiger partial charge in [0.1, 0.15) is 5.15 Å². The molecule has 1 aliphatic carbocycles. The first-order valence-electron chi connectivity index (χ1n) is 6.35. The van der Waals surface area contributed by atoms with Gasteiger partial charge in [-0.05, 0) is 25.2 Å². The van der Waals surface area contributed by atoms with Crippen LogP contribution in [0.5, 0.6) is 0 Å². The van der Waals surface area contributed by atoms with Crippen LogP contribution in [0.3, 0.4) is 0 Å². The highest BCUT2D eigenvalue weighted by Gasteiger charge is 2.21. The summed E-state index contributed by atoms with van der Waals surface area (Å²) >= 11 is 6.31. The topological polar surface area (TPSA) is 25.8 Å². The minimum absolute atomic E-state index is 0.630. The summed E-state index contributed by atoms with van der Waals surface area (Å²) in [5.41, 5.74) is 3.31. The molecule has 18 heavy (non-hydrogen) atoms. The number of halogens is 1. The molecule has 1 unspecified atom stereocenters. The molecule has 0 amide bonds. The van der Waals surface area contributed by atoms with Gasteiger partial charge < -0.3 is 0 Å². The predicted molar refractivity (Wildman–Crippen MR) is 73.7 cm³/mol. The molecular weight excluding hydrogens is 244 g/mol. The molecule has 0 N–H and O–H groups in total. The summed E-state index contributed by atoms with van der Waals surface area (Å²) in [4.78, 5) is 9.13. The van der Waals surface area contributed by atoms with E-state index < -0.39 is 0 Å². The number of hydrogen-bond donors (Lipinski definition) is 0. The van der Waals surface area contributed by atoms with Crippen LogP contribution in [-0.2, 0) is 12.8 Å². The summed E-state index contributed by atoms with van der Waals surface area (Å²) in [5, 5.41) is 0.630. The van der Waals surface area contributed by atoms with Gasteiger partial charge in [0.05, 0.1) is 0 Å². The Labute approximate surface area is 112 Å². The van der Waals surface area contributed by atoms with E-state index in [4.69, 9.17) is 11.6 Å². The Kier molecular flexibility index (Phi) is 3.04. The van der Waals surface area contributed by atoms with Crippen molar-refractivity contribution in [2.75, 3.05) is 0 Å². The van der Waals surface area contributed by atoms with Gasteiger partial charge in [-0.15, -0.1) is 0 Å². The maximum atomic E-state index is 6.31. The first kappa shape index (κ1) is 11.7. The van der Waals surface area contributed by atoms with E-state index in [0.717, 1.165) is 35.5 Å². The lowest BCUT2D eigenvalue weighted by molar-refractivity contribution is 0.492. The molecule has 0 aliphatic heterocycles. The zero-order valence-electron chi connectivity index (χ0n) is 10.4. The van der Waals surface area contributed by atoms with Crippen LogP contribution in [0.4, 0.5) is 0 Å². The van der Waals surface area contributed by atoms with Crippen molar-refractivity contribution in [2.45, 2.75) is 26.2 Å². The number of aromatic nitrogens is 2. The highest BCUT2D eigenvalue weighted by Crippen LogP contribution is 2.30. The Hall–Kier alpha value is -1.41. The molecule has 3 rings (SSSR count). The third-order valence-electron chi connectivity index (χ3n) is 3.50. The van der Waals surface area contributed by atoms with Gasteiger partial charge in [0.15, 0.2) is 5.82 Å². The van der Waals surface area contributed by atoms with Crippen LogP contribution in [0, 0.1) is 5.92 Å². The molecule has 0 bridgehead atoms. The van der Waals surface area contributed by atoms with Crippen LogP contribution in [-0.4, -0.2) is 9.97 Å². The predicted octanol–water partition coefficient (Wildman–Crippen LogP) is 3.92. The van der Waals surface area contributed by atoms with Gasteiger partial charge in [-0.1, -0.05) is 48.9 Å². The van der Waals surface area contributed by atoms with Crippen LogP contribution >= 0.6 is 11.6 Å². The second-order valence-electron chi connectivity index (χ2n) is 4.98. The normalized spacial score (nSPS) is 18.4. The van der Waals surface area contributed by atoms with E-state index >= 15 is 0 Å². The van der Waals surface area contributed by atoms with Crippen LogP contribution in [0.2, 0.25) is 5.15 Å². The minimum Gasteiger partial charge on any atom is -0.233 e. The standard InChI is InChI=1S/C15H15ClN2/c1-10-7-8-13-12(9-10)14(16)18-15(17-13)11-5-3-2-4-6-11/h2-6,10H,7-9H2,1H3. The Balaban J connectivity index is 2.07. The second kappa shape index (κ2) is 4.69. The fourth-order valence-electron chi connectivity index (χ4n) is 2.46. The van der Waals surface area contributed by atoms with Crippen LogP contribution in [0.1, 0.15) is 24.6 Å². The van der Waals surface area contributed by atoms with Crippen molar-refractivity contribution in [3.8, 4) is 11.4 Å². The number of fused-ring (bicyclic) bond motifs is 1. The van der Waals surface area contributed by atoms with Gasteiger partial charge in [-0.3, -0.25) is 0 Å². The van der Waals surface area contributed by atoms with Crippen LogP contribution in [0.25, 0.3) is 11.4 Å². The molecule has 0 saturated carbocycles. The number of nitrogens with zero attached hydrogens (tertiary/aromatic N) is 2. The van der Waals surface area contributed by atoms with Crippen molar-refractivity contribution in [1.82, 2.24) is 9.97 Å². The average Bonchev–Trinajstić information content (AvgIpc) is 2.40. The largest absolute Gasteiger partial charge is 0.233 e. The molecule has 0 radical (unpaired) electrons. The van der Waals surface area contributed by atoms with E-state index in [1.165, 1.54) is 6.42 Å². The molecule has 92 valence electrons. The Morgan fingerprint density at radius 2 is 1.94 bits per heavy atom. The van der Waals surface area contributed by atoms with E-state index in [0.29, 0.717) is 11.1 Å². The third-order valence-corrected chi connectivity index (χ3v) is 3.81. The fraction of sp³-hybridized carbons (Fsp3) is 0.333. The Morgan fingerprint density at radius 3 is 2.72 bits per heavy atom. The first-order valence-corrected chi connectivity index (χ1v) is 6.72. The van der Waals surface area contributed by atoms with E-state index in [2.05, 4.69) is 16.9 Å². The van der Waals surface area contributed by atoms with Gasteiger partial charge in [0.25, 0.3) is 0 Å². The highest BCUT2D eigenvalue weighted by molar-refractivity contribution is 6.30. The molecule has 1 aromatic carbocycles. The summed E-state index contributed by atoms with van der Waals surface area (Å²) in [7, 11) is 0. The molecular formula is C15H15ClN2. The maximum Gasteiger partial charge on any atom is 0.161 e. The lowest BCUT2D eigenvalue weighted by Crippen LogP contribution is -2.15. The summed E-state index contributed by atoms with van der Waals surface area (Å²) in [6.45, 7) is 2.25. The van der Waals surface area contributed by atoms with Crippen molar-refractivity contribution >= 4 is 11.6 Å². The van der Waals surface area contributed by atoms with Gasteiger partial charge in [0.2, 0.25) is 0 Å². The lowest BCUT2D eigenvalue weighted by Gasteiger charge is -2.21. The fourth-order valence-corrected chi connectivity index (χ4v) is 2.72. The summed E-state index contributed by atoms with van der Waals surface area (Å²) in [6, 6.07) is 10.0. The molecule has 1 atom stereocenters. The van der Waals surface area contributed by atoms with E-state index in [9.17, 15) is 0 Å². The van der Waals surface area contributed by atoms with Gasteiger partial charge in [0, 0.05) is 16.8 Å². The van der Waals surface area contributed by atoms with E-state index in [1.54, 1.807) is 0 Å². The van der Waals surface area contributed by atoms with Gasteiger partial charge >= 0.3 is 0 Å². The molecule has 0 saturated heterocycles. The summed E-state index contributed by atoms with van der Waals surface area (Å²) in [6.07, 6.45) is 3.20. The SMILES string of the molecule is CC1CCc2nc(-c3ccccc3)nc(Cl)c2C1. The zero-order valence-corrected chi connectivity index (χ0v) is 11.1. The summed E-state index contributed by atoms with van der Waals surface area (Å²) < 4.78 is 0. The molecule has 0 spiro atoms. The molecule has 2 aromatic rings. The molecule has 1 aliphatic rings. The molecule has 1 heterocycles. The van der Waals surface area contributed by atoms with Gasteiger partial charge in [-0.25, -0.2) is 9.97 Å². The van der Waals surface area contributed by atoms with Crippen LogP contribution in [0.15, 0.2) is 30.3 Å². The number of hydrogen-bond acceptors (Lipinski definition) is 2. The summed E-state index contributed by atoms with van der Waals surface area (Å²) in [5.74, 6) is 1.43. The second-order valence-corrected chi connectivity index (χ2v) is 5.34. The van der Waals surface area contributed by atoms with Crippen LogP contribution < -0.4 is 0 Å². The number of aryl methyl sites for hydroxylation is 1. The minimum atomic E-state index is 0.630. The Morgan fingerprint density at radius 1 is 1.17 bits per heavy atom. The quantitative estimate of drug-likeness (QED) is 0.725. The third kappa shape index (κ3) is 2.13. The lowest BCUT2D eigenvalue weighted by atomic mass is 9.88. The number of benzene rings is 1. The monoisotopic (exact) mass is 258 g/mol. The Bertz CT molecular complexity index is 566. The average molecular weight is 259 g/mol. The zero-order chi connectivity index (χ0) is 12.5. The van der Waals surface area contributed by atoms with Crippen molar-refractivity contribution in [3.63, 3.8) is 0 Å². The molecule has 0 fully saturated rings. The molecule has 2 nitrogen and oxygen atoms in total. The van der Waals surface area contributed by atoms with E-state index in [-0.39, 0.29) is 0 Å². The number of rotatable bonds is 1. The molecule has 1 aromatic heterocycles. The van der Waals surface area contributed by atoms with Crippen molar-refractivity contribution in [2.24, 2.45) is 5.92 Å². The van der Waals surface area contributed by atoms with E-state index in [1.807, 2.05) is 30.3 Å². The highest BCUT2D eigenvalue weighted by atomic mass is 35.5. The first-order chi connectivity index (χ1) is 8.74. The smallest absolute Gasteiger partial charge is 0.161 e. The molecule has 3 heteroatoms. The maximum absolute atomic E-state index is 6.31.